The largest absolute Gasteiger partial charge is 0.294 e. The van der Waals surface area contributed by atoms with Gasteiger partial charge in [0.2, 0.25) is 0 Å². The molecule has 0 bridgehead atoms. The first kappa shape index (κ1) is 13.1. The van der Waals surface area contributed by atoms with E-state index in [1.807, 2.05) is 13.0 Å². The highest BCUT2D eigenvalue weighted by Gasteiger charge is 2.09. The average Bonchev–Trinajstić information content (AvgIpc) is 2.28. The molecule has 0 radical (unpaired) electrons. The van der Waals surface area contributed by atoms with Crippen molar-refractivity contribution >= 4 is 29.0 Å². The molecule has 0 N–H and O–H groups in total. The van der Waals surface area contributed by atoms with Gasteiger partial charge in [-0.3, -0.25) is 9.78 Å². The number of carbonyl (C=O) groups is 1. The summed E-state index contributed by atoms with van der Waals surface area (Å²) in [5, 5.41) is 1.13. The lowest BCUT2D eigenvalue weighted by Crippen LogP contribution is -1.99. The smallest absolute Gasteiger partial charge is 0.161 e. The third-order valence-electron chi connectivity index (χ3n) is 2.67. The Bertz CT molecular complexity index is 623. The van der Waals surface area contributed by atoms with E-state index in [9.17, 15) is 4.79 Å². The highest BCUT2D eigenvalue weighted by atomic mass is 35.5. The van der Waals surface area contributed by atoms with Crippen molar-refractivity contribution in [3.63, 3.8) is 0 Å². The van der Waals surface area contributed by atoms with Crippen LogP contribution in [0.4, 0.5) is 0 Å². The summed E-state index contributed by atoms with van der Waals surface area (Å²) in [7, 11) is 0. The molecular weight excluding hydrogens is 269 g/mol. The number of aromatic nitrogens is 1. The quantitative estimate of drug-likeness (QED) is 0.754. The number of nitrogens with zero attached hydrogens (tertiary/aromatic N) is 1. The molecule has 0 aliphatic heterocycles. The zero-order valence-corrected chi connectivity index (χ0v) is 11.5. The topological polar surface area (TPSA) is 30.0 Å². The maximum atomic E-state index is 11.3. The van der Waals surface area contributed by atoms with Crippen molar-refractivity contribution in [2.24, 2.45) is 0 Å². The Morgan fingerprint density at radius 2 is 1.89 bits per heavy atom. The monoisotopic (exact) mass is 279 g/mol. The van der Waals surface area contributed by atoms with Crippen LogP contribution < -0.4 is 0 Å². The number of ketones is 1. The summed E-state index contributed by atoms with van der Waals surface area (Å²) in [6.07, 6.45) is 0. The molecule has 0 saturated carbocycles. The third kappa shape index (κ3) is 2.55. The summed E-state index contributed by atoms with van der Waals surface area (Å²) in [4.78, 5) is 15.7. The van der Waals surface area contributed by atoms with E-state index in [1.54, 1.807) is 24.3 Å². The summed E-state index contributed by atoms with van der Waals surface area (Å²) in [6.45, 7) is 3.34. The Balaban J connectivity index is 2.52. The van der Waals surface area contributed by atoms with E-state index >= 15 is 0 Å². The Morgan fingerprint density at radius 1 is 1.17 bits per heavy atom. The molecule has 92 valence electrons. The SMILES string of the molecule is CC(=O)c1ccc(-c2ccc(Cl)cc2Cl)nc1C. The van der Waals surface area contributed by atoms with Gasteiger partial charge < -0.3 is 0 Å². The van der Waals surface area contributed by atoms with E-state index in [-0.39, 0.29) is 5.78 Å². The molecule has 2 nitrogen and oxygen atoms in total. The van der Waals surface area contributed by atoms with Crippen LogP contribution in [0.1, 0.15) is 23.0 Å². The van der Waals surface area contributed by atoms with Crippen molar-refractivity contribution < 1.29 is 4.79 Å². The number of rotatable bonds is 2. The van der Waals surface area contributed by atoms with Gasteiger partial charge in [-0.05, 0) is 44.2 Å². The molecular formula is C14H11Cl2NO. The van der Waals surface area contributed by atoms with E-state index in [0.717, 1.165) is 11.3 Å². The van der Waals surface area contributed by atoms with Crippen molar-refractivity contribution in [1.29, 1.82) is 0 Å². The summed E-state index contributed by atoms with van der Waals surface area (Å²) in [6, 6.07) is 8.82. The Morgan fingerprint density at radius 3 is 2.44 bits per heavy atom. The number of hydrogen-bond donors (Lipinski definition) is 0. The van der Waals surface area contributed by atoms with Gasteiger partial charge in [0.15, 0.2) is 5.78 Å². The number of aryl methyl sites for hydroxylation is 1. The van der Waals surface area contributed by atoms with E-state index in [2.05, 4.69) is 4.98 Å². The van der Waals surface area contributed by atoms with Crippen LogP contribution in [-0.2, 0) is 0 Å². The minimum atomic E-state index is 0.00810. The number of Topliss-reactive ketones (excluding diaryl/α,β-unsaturated/α-hetero) is 1. The standard InChI is InChI=1S/C14H11Cl2NO/c1-8-11(9(2)18)5-6-14(17-8)12-4-3-10(15)7-13(12)16/h3-7H,1-2H3. The molecule has 2 rings (SSSR count). The van der Waals surface area contributed by atoms with Gasteiger partial charge in [0.05, 0.1) is 10.7 Å². The number of pyridine rings is 1. The first-order valence-electron chi connectivity index (χ1n) is 5.43. The molecule has 0 saturated heterocycles. The van der Waals surface area contributed by atoms with Gasteiger partial charge in [-0.2, -0.15) is 0 Å². The fraction of sp³-hybridized carbons (Fsp3) is 0.143. The van der Waals surface area contributed by atoms with Crippen molar-refractivity contribution in [2.45, 2.75) is 13.8 Å². The molecule has 0 spiro atoms. The Hall–Kier alpha value is -1.38. The zero-order valence-electron chi connectivity index (χ0n) is 10.00. The van der Waals surface area contributed by atoms with E-state index < -0.39 is 0 Å². The number of benzene rings is 1. The summed E-state index contributed by atoms with van der Waals surface area (Å²) in [5.74, 6) is 0.00810. The van der Waals surface area contributed by atoms with E-state index in [4.69, 9.17) is 23.2 Å². The van der Waals surface area contributed by atoms with Crippen LogP contribution in [-0.4, -0.2) is 10.8 Å². The van der Waals surface area contributed by atoms with Crippen molar-refractivity contribution in [2.75, 3.05) is 0 Å². The van der Waals surface area contributed by atoms with Gasteiger partial charge in [-0.25, -0.2) is 0 Å². The highest BCUT2D eigenvalue weighted by Crippen LogP contribution is 2.29. The van der Waals surface area contributed by atoms with Gasteiger partial charge in [-0.15, -0.1) is 0 Å². The second kappa shape index (κ2) is 5.09. The fourth-order valence-corrected chi connectivity index (χ4v) is 2.29. The molecule has 0 aliphatic rings. The van der Waals surface area contributed by atoms with Crippen LogP contribution in [0.15, 0.2) is 30.3 Å². The van der Waals surface area contributed by atoms with Crippen molar-refractivity contribution in [1.82, 2.24) is 4.98 Å². The normalized spacial score (nSPS) is 10.4. The highest BCUT2D eigenvalue weighted by molar-refractivity contribution is 6.36. The van der Waals surface area contributed by atoms with Gasteiger partial charge >= 0.3 is 0 Å². The van der Waals surface area contributed by atoms with Crippen LogP contribution in [0, 0.1) is 6.92 Å². The second-order valence-electron chi connectivity index (χ2n) is 4.01. The van der Waals surface area contributed by atoms with Crippen LogP contribution in [0.3, 0.4) is 0 Å². The molecule has 1 aromatic heterocycles. The fourth-order valence-electron chi connectivity index (χ4n) is 1.78. The molecule has 1 aromatic carbocycles. The Kier molecular flexibility index (Phi) is 3.69. The molecule has 4 heteroatoms. The predicted molar refractivity (Wildman–Crippen MR) is 74.4 cm³/mol. The molecule has 0 amide bonds. The zero-order chi connectivity index (χ0) is 13.3. The predicted octanol–water partition coefficient (Wildman–Crippen LogP) is 4.57. The molecule has 0 atom stereocenters. The van der Waals surface area contributed by atoms with E-state index in [0.29, 0.717) is 21.3 Å². The first-order valence-corrected chi connectivity index (χ1v) is 6.18. The lowest BCUT2D eigenvalue weighted by molar-refractivity contribution is 0.101. The number of halogens is 2. The summed E-state index contributed by atoms with van der Waals surface area (Å²) >= 11 is 12.0. The molecule has 0 unspecified atom stereocenters. The van der Waals surface area contributed by atoms with E-state index in [1.165, 1.54) is 6.92 Å². The van der Waals surface area contributed by atoms with Crippen LogP contribution >= 0.6 is 23.2 Å². The van der Waals surface area contributed by atoms with Gasteiger partial charge in [0.1, 0.15) is 0 Å². The lowest BCUT2D eigenvalue weighted by atomic mass is 10.1. The summed E-state index contributed by atoms with van der Waals surface area (Å²) < 4.78 is 0. The number of hydrogen-bond acceptors (Lipinski definition) is 2. The molecule has 2 aromatic rings. The molecule has 0 aliphatic carbocycles. The first-order chi connectivity index (χ1) is 8.49. The third-order valence-corrected chi connectivity index (χ3v) is 3.22. The maximum Gasteiger partial charge on any atom is 0.161 e. The van der Waals surface area contributed by atoms with Gasteiger partial charge in [0, 0.05) is 21.8 Å². The lowest BCUT2D eigenvalue weighted by Gasteiger charge is -2.07. The molecule has 18 heavy (non-hydrogen) atoms. The van der Waals surface area contributed by atoms with Gasteiger partial charge in [-0.1, -0.05) is 23.2 Å². The van der Waals surface area contributed by atoms with Gasteiger partial charge in [0.25, 0.3) is 0 Å². The minimum absolute atomic E-state index is 0.00810. The van der Waals surface area contributed by atoms with Crippen molar-refractivity contribution in [3.8, 4) is 11.3 Å². The van der Waals surface area contributed by atoms with Crippen molar-refractivity contribution in [3.05, 3.63) is 51.6 Å². The average molecular weight is 280 g/mol. The van der Waals surface area contributed by atoms with Crippen LogP contribution in [0.25, 0.3) is 11.3 Å². The second-order valence-corrected chi connectivity index (χ2v) is 4.85. The van der Waals surface area contributed by atoms with Crippen LogP contribution in [0.2, 0.25) is 10.0 Å². The maximum absolute atomic E-state index is 11.3. The Labute approximate surface area is 116 Å². The number of carbonyl (C=O) groups excluding carboxylic acids is 1. The molecule has 1 heterocycles. The molecule has 0 fully saturated rings. The minimum Gasteiger partial charge on any atom is -0.294 e. The summed E-state index contributed by atoms with van der Waals surface area (Å²) in [5.41, 5.74) is 2.87. The van der Waals surface area contributed by atoms with Crippen LogP contribution in [0.5, 0.6) is 0 Å².